The minimum absolute atomic E-state index is 0.0631. The zero-order valence-electron chi connectivity index (χ0n) is 12.2. The van der Waals surface area contributed by atoms with Crippen LogP contribution in [-0.4, -0.2) is 46.5 Å². The van der Waals surface area contributed by atoms with E-state index in [1.807, 2.05) is 0 Å². The molecule has 6 heteroatoms. The zero-order chi connectivity index (χ0) is 14.1. The van der Waals surface area contributed by atoms with Gasteiger partial charge in [0, 0.05) is 13.2 Å². The number of ether oxygens (including phenoxy) is 1. The Morgan fingerprint density at radius 1 is 1.21 bits per heavy atom. The first kappa shape index (κ1) is 16.9. The van der Waals surface area contributed by atoms with Crippen molar-refractivity contribution >= 4 is 10.0 Å². The molecule has 2 N–H and O–H groups in total. The smallest absolute Gasteiger partial charge is 0.211 e. The van der Waals surface area contributed by atoms with Crippen molar-refractivity contribution in [2.24, 2.45) is 0 Å². The van der Waals surface area contributed by atoms with Crippen LogP contribution in [0.25, 0.3) is 0 Å². The van der Waals surface area contributed by atoms with Crippen LogP contribution in [0.4, 0.5) is 0 Å². The van der Waals surface area contributed by atoms with Gasteiger partial charge in [-0.3, -0.25) is 0 Å². The van der Waals surface area contributed by atoms with E-state index in [4.69, 9.17) is 4.74 Å². The molecule has 1 aliphatic rings. The fraction of sp³-hybridized carbons (Fsp3) is 1.00. The summed E-state index contributed by atoms with van der Waals surface area (Å²) in [5, 5.41) is 3.28. The Labute approximate surface area is 117 Å². The number of hydrogen-bond donors (Lipinski definition) is 2. The van der Waals surface area contributed by atoms with E-state index < -0.39 is 10.0 Å². The van der Waals surface area contributed by atoms with Crippen molar-refractivity contribution in [1.29, 1.82) is 0 Å². The van der Waals surface area contributed by atoms with Crippen molar-refractivity contribution < 1.29 is 13.2 Å². The van der Waals surface area contributed by atoms with Gasteiger partial charge in [-0.1, -0.05) is 6.92 Å². The number of sulfonamides is 1. The highest BCUT2D eigenvalue weighted by Crippen LogP contribution is 2.22. The van der Waals surface area contributed by atoms with E-state index in [2.05, 4.69) is 17.0 Å². The molecule has 2 unspecified atom stereocenters. The Hall–Kier alpha value is -0.170. The third kappa shape index (κ3) is 7.25. The Morgan fingerprint density at radius 2 is 2.00 bits per heavy atom. The lowest BCUT2D eigenvalue weighted by atomic mass is 10.3. The van der Waals surface area contributed by atoms with Gasteiger partial charge >= 0.3 is 0 Å². The van der Waals surface area contributed by atoms with Crippen LogP contribution in [0.5, 0.6) is 0 Å². The summed E-state index contributed by atoms with van der Waals surface area (Å²) in [4.78, 5) is 0. The molecule has 0 spiro atoms. The van der Waals surface area contributed by atoms with Crippen LogP contribution < -0.4 is 10.0 Å². The summed E-state index contributed by atoms with van der Waals surface area (Å²) in [5.41, 5.74) is 0. The van der Waals surface area contributed by atoms with Gasteiger partial charge in [-0.2, -0.15) is 0 Å². The molecule has 0 aromatic rings. The fourth-order valence-electron chi connectivity index (χ4n) is 2.42. The summed E-state index contributed by atoms with van der Waals surface area (Å²) < 4.78 is 31.8. The monoisotopic (exact) mass is 292 g/mol. The van der Waals surface area contributed by atoms with Gasteiger partial charge in [0.15, 0.2) is 0 Å². The van der Waals surface area contributed by atoms with Gasteiger partial charge in [0.1, 0.15) is 0 Å². The molecule has 0 saturated heterocycles. The van der Waals surface area contributed by atoms with Crippen LogP contribution in [0.1, 0.15) is 45.4 Å². The maximum Gasteiger partial charge on any atom is 0.211 e. The summed E-state index contributed by atoms with van der Waals surface area (Å²) in [7, 11) is -1.44. The van der Waals surface area contributed by atoms with Crippen molar-refractivity contribution in [1.82, 2.24) is 10.0 Å². The van der Waals surface area contributed by atoms with E-state index in [0.29, 0.717) is 6.42 Å². The summed E-state index contributed by atoms with van der Waals surface area (Å²) in [6.45, 7) is 4.03. The lowest BCUT2D eigenvalue weighted by Crippen LogP contribution is -2.35. The molecule has 114 valence electrons. The van der Waals surface area contributed by atoms with Crippen molar-refractivity contribution in [3.63, 3.8) is 0 Å². The van der Waals surface area contributed by atoms with Crippen LogP contribution in [0.2, 0.25) is 0 Å². The summed E-state index contributed by atoms with van der Waals surface area (Å²) >= 11 is 0. The molecule has 0 aromatic carbocycles. The van der Waals surface area contributed by atoms with Crippen molar-refractivity contribution in [3.8, 4) is 0 Å². The number of unbranched alkanes of at least 4 members (excludes halogenated alkanes) is 1. The predicted octanol–water partition coefficient (Wildman–Crippen LogP) is 1.25. The summed E-state index contributed by atoms with van der Waals surface area (Å²) in [6, 6.07) is 0.0631. The SMILES string of the molecule is CCCNCCCCS(=O)(=O)NC1CCC(OC)C1. The van der Waals surface area contributed by atoms with Crippen LogP contribution in [0.3, 0.4) is 0 Å². The fourth-order valence-corrected chi connectivity index (χ4v) is 3.84. The molecule has 19 heavy (non-hydrogen) atoms. The number of hydrogen-bond acceptors (Lipinski definition) is 4. The predicted molar refractivity (Wildman–Crippen MR) is 77.8 cm³/mol. The Morgan fingerprint density at radius 3 is 2.63 bits per heavy atom. The Bertz CT molecular complexity index is 333. The summed E-state index contributed by atoms with van der Waals surface area (Å²) in [6.07, 6.45) is 5.58. The second-order valence-electron chi connectivity index (χ2n) is 5.26. The zero-order valence-corrected chi connectivity index (χ0v) is 13.0. The van der Waals surface area contributed by atoms with Crippen molar-refractivity contribution in [2.45, 2.75) is 57.6 Å². The molecule has 5 nitrogen and oxygen atoms in total. The topological polar surface area (TPSA) is 67.4 Å². The standard InChI is InChI=1S/C13H28N2O3S/c1-3-8-14-9-4-5-10-19(16,17)15-12-6-7-13(11-12)18-2/h12-15H,3-11H2,1-2H3. The van der Waals surface area contributed by atoms with Gasteiger partial charge in [-0.25, -0.2) is 13.1 Å². The average Bonchev–Trinajstić information content (AvgIpc) is 2.80. The number of rotatable bonds is 10. The first-order chi connectivity index (χ1) is 9.07. The van der Waals surface area contributed by atoms with Gasteiger partial charge < -0.3 is 10.1 Å². The average molecular weight is 292 g/mol. The van der Waals surface area contributed by atoms with E-state index in [9.17, 15) is 8.42 Å². The molecule has 1 rings (SSSR count). The van der Waals surface area contributed by atoms with Crippen molar-refractivity contribution in [3.05, 3.63) is 0 Å². The van der Waals surface area contributed by atoms with Crippen LogP contribution in [0, 0.1) is 0 Å². The van der Waals surface area contributed by atoms with E-state index in [1.54, 1.807) is 7.11 Å². The maximum absolute atomic E-state index is 11.9. The quantitative estimate of drug-likeness (QED) is 0.595. The van der Waals surface area contributed by atoms with E-state index in [-0.39, 0.29) is 17.9 Å². The summed E-state index contributed by atoms with van der Waals surface area (Å²) in [5.74, 6) is 0.231. The molecule has 0 bridgehead atoms. The first-order valence-electron chi connectivity index (χ1n) is 7.31. The molecular weight excluding hydrogens is 264 g/mol. The van der Waals surface area contributed by atoms with Gasteiger partial charge in [0.05, 0.1) is 11.9 Å². The lowest BCUT2D eigenvalue weighted by Gasteiger charge is -2.13. The molecule has 0 heterocycles. The Kier molecular flexibility index (Phi) is 7.90. The molecule has 1 saturated carbocycles. The highest BCUT2D eigenvalue weighted by molar-refractivity contribution is 7.89. The molecule has 2 atom stereocenters. The van der Waals surface area contributed by atoms with E-state index in [0.717, 1.165) is 45.2 Å². The molecule has 1 aliphatic carbocycles. The third-order valence-electron chi connectivity index (χ3n) is 3.51. The van der Waals surface area contributed by atoms with Gasteiger partial charge in [0.25, 0.3) is 0 Å². The second kappa shape index (κ2) is 8.89. The molecule has 0 aromatic heterocycles. The molecule has 0 aliphatic heterocycles. The Balaban J connectivity index is 2.14. The van der Waals surface area contributed by atoms with Gasteiger partial charge in [0.2, 0.25) is 10.0 Å². The molecule has 1 fully saturated rings. The lowest BCUT2D eigenvalue weighted by molar-refractivity contribution is 0.107. The van der Waals surface area contributed by atoms with Crippen LogP contribution >= 0.6 is 0 Å². The molecular formula is C13H28N2O3S. The normalized spacial score (nSPS) is 23.9. The highest BCUT2D eigenvalue weighted by Gasteiger charge is 2.27. The first-order valence-corrected chi connectivity index (χ1v) is 8.96. The van der Waals surface area contributed by atoms with Crippen LogP contribution in [-0.2, 0) is 14.8 Å². The van der Waals surface area contributed by atoms with Gasteiger partial charge in [-0.05, 0) is 51.6 Å². The number of nitrogens with one attached hydrogen (secondary N) is 2. The minimum Gasteiger partial charge on any atom is -0.381 e. The third-order valence-corrected chi connectivity index (χ3v) is 5.03. The van der Waals surface area contributed by atoms with Crippen LogP contribution in [0.15, 0.2) is 0 Å². The second-order valence-corrected chi connectivity index (χ2v) is 7.13. The van der Waals surface area contributed by atoms with Gasteiger partial charge in [-0.15, -0.1) is 0 Å². The minimum atomic E-state index is -3.12. The largest absolute Gasteiger partial charge is 0.381 e. The number of methoxy groups -OCH3 is 1. The molecule has 0 amide bonds. The maximum atomic E-state index is 11.9. The van der Waals surface area contributed by atoms with E-state index >= 15 is 0 Å². The highest BCUT2D eigenvalue weighted by atomic mass is 32.2. The molecule has 0 radical (unpaired) electrons. The van der Waals surface area contributed by atoms with E-state index in [1.165, 1.54) is 0 Å². The van der Waals surface area contributed by atoms with Crippen molar-refractivity contribution in [2.75, 3.05) is 26.0 Å².